The molecule has 0 aromatic heterocycles. The summed E-state index contributed by atoms with van der Waals surface area (Å²) in [5.41, 5.74) is 0.680. The lowest BCUT2D eigenvalue weighted by Crippen LogP contribution is -2.54. The van der Waals surface area contributed by atoms with Gasteiger partial charge < -0.3 is 38.6 Å². The Balaban J connectivity index is 1.27. The highest BCUT2D eigenvalue weighted by atomic mass is 33.1. The van der Waals surface area contributed by atoms with Gasteiger partial charge in [-0.25, -0.2) is 9.59 Å². The highest BCUT2D eigenvalue weighted by Crippen LogP contribution is 2.32. The van der Waals surface area contributed by atoms with Crippen LogP contribution >= 0.6 is 21.6 Å². The molecule has 1 aliphatic rings. The molecule has 3 aromatic rings. The number of alkyl carbamates (subject to hydrolysis) is 1. The smallest absolute Gasteiger partial charge is 0.416 e. The third-order valence-corrected chi connectivity index (χ3v) is 10.7. The fourth-order valence-electron chi connectivity index (χ4n) is 6.16. The van der Waals surface area contributed by atoms with Crippen LogP contribution in [0.5, 0.6) is 0 Å². The molecule has 0 spiro atoms. The maximum Gasteiger partial charge on any atom is 0.416 e. The van der Waals surface area contributed by atoms with E-state index in [4.69, 9.17) is 28.4 Å². The number of benzene rings is 3. The van der Waals surface area contributed by atoms with Crippen molar-refractivity contribution < 1.29 is 65.6 Å². The van der Waals surface area contributed by atoms with Crippen LogP contribution in [0.2, 0.25) is 0 Å². The lowest BCUT2D eigenvalue weighted by atomic mass is 9.98. The van der Waals surface area contributed by atoms with Crippen LogP contribution in [0, 0.1) is 0 Å². The number of carbonyl (C=O) groups is 5. The van der Waals surface area contributed by atoms with Crippen molar-refractivity contribution >= 4 is 62.5 Å². The van der Waals surface area contributed by atoms with Crippen molar-refractivity contribution in [3.63, 3.8) is 0 Å². The summed E-state index contributed by atoms with van der Waals surface area (Å²) in [6.45, 7) is 5.40. The van der Waals surface area contributed by atoms with Gasteiger partial charge >= 0.3 is 36.3 Å². The van der Waals surface area contributed by atoms with Crippen LogP contribution in [0.3, 0.4) is 0 Å². The quantitative estimate of drug-likeness (QED) is 0.0467. The van der Waals surface area contributed by atoms with Crippen LogP contribution in [0.25, 0.3) is 10.8 Å². The molecule has 0 unspecified atom stereocenters. The second kappa shape index (κ2) is 21.7. The van der Waals surface area contributed by atoms with Crippen LogP contribution in [0.15, 0.2) is 66.7 Å². The van der Waals surface area contributed by atoms with Crippen molar-refractivity contribution in [2.45, 2.75) is 83.8 Å². The Morgan fingerprint density at radius 1 is 0.895 bits per heavy atom. The van der Waals surface area contributed by atoms with Gasteiger partial charge in [0.05, 0.1) is 18.0 Å². The van der Waals surface area contributed by atoms with Gasteiger partial charge in [-0.15, -0.1) is 0 Å². The molecule has 1 fully saturated rings. The molecule has 1 saturated heterocycles. The lowest BCUT2D eigenvalue weighted by Gasteiger charge is -2.39. The van der Waals surface area contributed by atoms with Crippen molar-refractivity contribution in [3.05, 3.63) is 83.4 Å². The summed E-state index contributed by atoms with van der Waals surface area (Å²) >= 11 is 0. The number of hydrogen-bond donors (Lipinski definition) is 1. The van der Waals surface area contributed by atoms with E-state index in [-0.39, 0.29) is 32.1 Å². The largest absolute Gasteiger partial charge is 0.463 e. The number of aryl methyl sites for hydroxylation is 1. The number of amides is 2. The molecule has 13 nitrogen and oxygen atoms in total. The van der Waals surface area contributed by atoms with E-state index in [2.05, 4.69) is 5.32 Å². The number of hydrogen-bond acceptors (Lipinski definition) is 13. The summed E-state index contributed by atoms with van der Waals surface area (Å²) < 4.78 is 72.1. The van der Waals surface area contributed by atoms with E-state index in [0.29, 0.717) is 24.2 Å². The van der Waals surface area contributed by atoms with Crippen molar-refractivity contribution in [1.82, 2.24) is 10.2 Å². The summed E-state index contributed by atoms with van der Waals surface area (Å²) in [5, 5.41) is 4.54. The molecule has 0 saturated carbocycles. The first kappa shape index (κ1) is 45.0. The van der Waals surface area contributed by atoms with Crippen molar-refractivity contribution in [1.29, 1.82) is 0 Å². The highest BCUT2D eigenvalue weighted by molar-refractivity contribution is 8.76. The molecule has 1 N–H and O–H groups in total. The molecule has 0 bridgehead atoms. The van der Waals surface area contributed by atoms with E-state index in [1.54, 1.807) is 11.0 Å². The molecule has 3 aromatic carbocycles. The van der Waals surface area contributed by atoms with Crippen molar-refractivity contribution in [3.8, 4) is 0 Å². The van der Waals surface area contributed by atoms with Gasteiger partial charge in [0.1, 0.15) is 24.8 Å². The SMILES string of the molecule is CC(=O)OC[C@H]1O[C@@H](OC(=O)NCCSSCOC(=O)N(CCCc2cccc(C(F)(F)F)c2)[C@H](C)c2cccc3ccccc23)C[C@@H](OC(C)=O)[C@@H]1OC(C)=O. The van der Waals surface area contributed by atoms with Gasteiger partial charge in [-0.2, -0.15) is 13.2 Å². The molecule has 4 rings (SSSR count). The van der Waals surface area contributed by atoms with Gasteiger partial charge in [0, 0.05) is 39.6 Å². The molecule has 1 heterocycles. The minimum absolute atomic E-state index is 0.0268. The monoisotopic (exact) mass is 838 g/mol. The van der Waals surface area contributed by atoms with Gasteiger partial charge in [0.15, 0.2) is 6.10 Å². The molecule has 2 amide bonds. The van der Waals surface area contributed by atoms with Gasteiger partial charge in [-0.05, 0) is 47.7 Å². The lowest BCUT2D eigenvalue weighted by molar-refractivity contribution is -0.251. The number of nitrogens with zero attached hydrogens (tertiary/aromatic N) is 1. The fraction of sp³-hybridized carbons (Fsp3) is 0.462. The van der Waals surface area contributed by atoms with Crippen LogP contribution < -0.4 is 5.32 Å². The Morgan fingerprint density at radius 2 is 1.61 bits per heavy atom. The maximum absolute atomic E-state index is 13.5. The number of alkyl halides is 3. The summed E-state index contributed by atoms with van der Waals surface area (Å²) in [5.74, 6) is -1.63. The van der Waals surface area contributed by atoms with Gasteiger partial charge in [-0.3, -0.25) is 14.4 Å². The number of esters is 3. The number of halogens is 3. The Kier molecular flexibility index (Phi) is 17.2. The number of nitrogens with one attached hydrogen (secondary N) is 1. The van der Waals surface area contributed by atoms with Gasteiger partial charge in [0.25, 0.3) is 0 Å². The standard InChI is InChI=1S/C39H45F3N2O11S2/c1-24(31-16-8-13-29-12-5-6-15-32(29)31)44(18-9-11-28-10-7-14-30(20-28)39(40,41)42)38(49)51-23-57-56-19-17-43-37(48)55-35-21-33(52-26(3)46)36(53-27(4)47)34(54-35)22-50-25(2)45/h5-8,10,12-16,20,24,33-36H,9,11,17-19,21-23H2,1-4H3,(H,43,48)/t24-,33-,34-,35+,36+/m1/s1. The average molecular weight is 839 g/mol. The first-order valence-electron chi connectivity index (χ1n) is 18.0. The van der Waals surface area contributed by atoms with Crippen LogP contribution in [0.1, 0.15) is 63.3 Å². The molecular formula is C39H45F3N2O11S2. The third kappa shape index (κ3) is 14.3. The molecular weight excluding hydrogens is 794 g/mol. The van der Waals surface area contributed by atoms with E-state index >= 15 is 0 Å². The molecule has 0 radical (unpaired) electrons. The van der Waals surface area contributed by atoms with Crippen LogP contribution in [0.4, 0.5) is 22.8 Å². The minimum atomic E-state index is -4.46. The summed E-state index contributed by atoms with van der Waals surface area (Å²) in [6, 6.07) is 18.3. The van der Waals surface area contributed by atoms with Gasteiger partial charge in [-0.1, -0.05) is 82.3 Å². The Morgan fingerprint density at radius 3 is 2.33 bits per heavy atom. The number of carbonyl (C=O) groups excluding carboxylic acids is 5. The molecule has 57 heavy (non-hydrogen) atoms. The van der Waals surface area contributed by atoms with E-state index < -0.39 is 72.5 Å². The summed E-state index contributed by atoms with van der Waals surface area (Å²) in [6.07, 6.45) is -9.82. The molecule has 310 valence electrons. The van der Waals surface area contributed by atoms with Crippen LogP contribution in [-0.2, 0) is 55.4 Å². The number of rotatable bonds is 17. The normalized spacial score (nSPS) is 18.5. The summed E-state index contributed by atoms with van der Waals surface area (Å²) in [7, 11) is 2.55. The maximum atomic E-state index is 13.5. The first-order chi connectivity index (χ1) is 27.1. The second-order valence-corrected chi connectivity index (χ2v) is 15.4. The predicted molar refractivity (Wildman–Crippen MR) is 206 cm³/mol. The summed E-state index contributed by atoms with van der Waals surface area (Å²) in [4.78, 5) is 62.6. The molecule has 5 atom stereocenters. The topological polar surface area (TPSA) is 156 Å². The Bertz CT molecular complexity index is 1850. The zero-order valence-corrected chi connectivity index (χ0v) is 33.4. The Hall–Kier alpha value is -4.68. The van der Waals surface area contributed by atoms with Crippen LogP contribution in [-0.4, -0.2) is 91.0 Å². The van der Waals surface area contributed by atoms with E-state index in [1.807, 2.05) is 49.4 Å². The molecule has 18 heteroatoms. The highest BCUT2D eigenvalue weighted by Gasteiger charge is 2.45. The molecule has 1 aliphatic heterocycles. The number of ether oxygens (including phenoxy) is 6. The first-order valence-corrected chi connectivity index (χ1v) is 20.5. The van der Waals surface area contributed by atoms with Gasteiger partial charge in [0.2, 0.25) is 6.29 Å². The molecule has 0 aliphatic carbocycles. The van der Waals surface area contributed by atoms with E-state index in [9.17, 15) is 37.1 Å². The Labute approximate surface area is 335 Å². The zero-order chi connectivity index (χ0) is 41.5. The third-order valence-electron chi connectivity index (χ3n) is 8.66. The van der Waals surface area contributed by atoms with Crippen molar-refractivity contribution in [2.75, 3.05) is 31.4 Å². The predicted octanol–water partition coefficient (Wildman–Crippen LogP) is 7.60. The zero-order valence-electron chi connectivity index (χ0n) is 31.8. The second-order valence-electron chi connectivity index (χ2n) is 12.9. The fourth-order valence-corrected chi connectivity index (χ4v) is 7.63. The van der Waals surface area contributed by atoms with E-state index in [0.717, 1.165) is 42.3 Å². The van der Waals surface area contributed by atoms with E-state index in [1.165, 1.54) is 34.6 Å². The minimum Gasteiger partial charge on any atom is -0.463 e. The average Bonchev–Trinajstić information content (AvgIpc) is 3.15. The van der Waals surface area contributed by atoms with Crippen molar-refractivity contribution in [2.24, 2.45) is 0 Å². The number of fused-ring (bicyclic) bond motifs is 1.